The molecule has 0 aliphatic heterocycles. The first kappa shape index (κ1) is 32.0. The minimum Gasteiger partial charge on any atom is -0.399 e. The molecule has 6 aromatic rings. The number of benzene rings is 2. The fourth-order valence-electron chi connectivity index (χ4n) is 4.96. The monoisotopic (exact) mass is 616 g/mol. The molecular weight excluding hydrogens is 576 g/mol. The van der Waals surface area contributed by atoms with E-state index in [1.54, 1.807) is 31.2 Å². The third-order valence-electron chi connectivity index (χ3n) is 6.83. The number of imidazole rings is 2. The lowest BCUT2D eigenvalue weighted by Crippen LogP contribution is -2.12. The maximum absolute atomic E-state index is 11.4. The van der Waals surface area contributed by atoms with Crippen molar-refractivity contribution in [1.29, 1.82) is 0 Å². The molecule has 4 heterocycles. The molecule has 3 N–H and O–H groups in total. The second-order valence-electron chi connectivity index (χ2n) is 13.6. The summed E-state index contributed by atoms with van der Waals surface area (Å²) in [7, 11) is 0. The van der Waals surface area contributed by atoms with Gasteiger partial charge in [0.15, 0.2) is 11.6 Å². The van der Waals surface area contributed by atoms with Gasteiger partial charge in [0.25, 0.3) is 0 Å². The Balaban J connectivity index is 0.000000184. The highest BCUT2D eigenvalue weighted by Gasteiger charge is 2.15. The minimum absolute atomic E-state index is 0.141. The zero-order valence-corrected chi connectivity index (χ0v) is 27.2. The van der Waals surface area contributed by atoms with Crippen molar-refractivity contribution >= 4 is 39.3 Å². The molecule has 11 heteroatoms. The van der Waals surface area contributed by atoms with Crippen molar-refractivity contribution in [2.45, 2.75) is 54.4 Å². The average molecular weight is 617 g/mol. The van der Waals surface area contributed by atoms with Crippen LogP contribution in [0.15, 0.2) is 86.5 Å². The zero-order valence-electron chi connectivity index (χ0n) is 27.2. The van der Waals surface area contributed by atoms with E-state index in [1.807, 2.05) is 51.7 Å². The van der Waals surface area contributed by atoms with E-state index in [0.29, 0.717) is 11.4 Å². The van der Waals surface area contributed by atoms with Gasteiger partial charge in [0.2, 0.25) is 5.91 Å². The zero-order chi connectivity index (χ0) is 33.1. The molecule has 236 valence electrons. The van der Waals surface area contributed by atoms with Crippen LogP contribution in [-0.2, 0) is 17.6 Å². The molecule has 6 rings (SSSR count). The smallest absolute Gasteiger partial charge is 0.247 e. The fraction of sp³-hybridized carbons (Fsp3) is 0.286. The van der Waals surface area contributed by atoms with Gasteiger partial charge in [0.05, 0.1) is 45.8 Å². The predicted octanol–water partition coefficient (Wildman–Crippen LogP) is 6.51. The molecule has 1 amide bonds. The van der Waals surface area contributed by atoms with E-state index in [1.165, 1.54) is 6.08 Å². The second kappa shape index (κ2) is 12.9. The Morgan fingerprint density at radius 3 is 1.78 bits per heavy atom. The standard InChI is InChI=1S/C19H21N5O.C16H19N5/c1-5-18(25)23-13-6-7-16-15(8-13)21-12-24(16)17-11-20-10-14(22-17)9-19(2,3)4;1-16(2,3)7-12-8-18-9-15(20-12)21-10-19-13-6-11(17)4-5-14(13)21/h5-8,10-12H,1,9H2,2-4H3,(H,23,25);4-6,8-10H,7,17H2,1-3H3. The van der Waals surface area contributed by atoms with Crippen molar-refractivity contribution in [3.05, 3.63) is 97.9 Å². The Hall–Kier alpha value is -5.45. The van der Waals surface area contributed by atoms with Crippen molar-refractivity contribution < 1.29 is 4.79 Å². The molecule has 0 bridgehead atoms. The number of nitrogens with one attached hydrogen (secondary N) is 1. The Morgan fingerprint density at radius 2 is 1.28 bits per heavy atom. The third kappa shape index (κ3) is 7.98. The van der Waals surface area contributed by atoms with Crippen LogP contribution in [0.25, 0.3) is 33.7 Å². The van der Waals surface area contributed by atoms with Crippen LogP contribution in [0.2, 0.25) is 0 Å². The molecule has 0 aliphatic carbocycles. The van der Waals surface area contributed by atoms with E-state index in [4.69, 9.17) is 15.7 Å². The summed E-state index contributed by atoms with van der Waals surface area (Å²) in [6, 6.07) is 11.2. The first-order chi connectivity index (χ1) is 21.8. The number of nitrogen functional groups attached to an aromatic ring is 1. The Kier molecular flexibility index (Phi) is 8.95. The summed E-state index contributed by atoms with van der Waals surface area (Å²) in [4.78, 5) is 38.3. The van der Waals surface area contributed by atoms with Crippen molar-refractivity contribution in [2.24, 2.45) is 10.8 Å². The van der Waals surface area contributed by atoms with E-state index in [-0.39, 0.29) is 16.7 Å². The van der Waals surface area contributed by atoms with Gasteiger partial charge in [-0.3, -0.25) is 23.9 Å². The lowest BCUT2D eigenvalue weighted by atomic mass is 9.91. The largest absolute Gasteiger partial charge is 0.399 e. The highest BCUT2D eigenvalue weighted by atomic mass is 16.1. The molecule has 0 unspecified atom stereocenters. The number of aromatic nitrogens is 8. The topological polar surface area (TPSA) is 142 Å². The van der Waals surface area contributed by atoms with Crippen LogP contribution in [-0.4, -0.2) is 44.9 Å². The highest BCUT2D eigenvalue weighted by Crippen LogP contribution is 2.24. The first-order valence-corrected chi connectivity index (χ1v) is 15.0. The molecule has 46 heavy (non-hydrogen) atoms. The number of rotatable bonds is 6. The van der Waals surface area contributed by atoms with E-state index in [0.717, 1.165) is 57.9 Å². The Labute approximate surface area is 268 Å². The van der Waals surface area contributed by atoms with Crippen LogP contribution in [0.4, 0.5) is 11.4 Å². The van der Waals surface area contributed by atoms with Gasteiger partial charge in [0.1, 0.15) is 12.7 Å². The molecule has 0 fully saturated rings. The maximum Gasteiger partial charge on any atom is 0.247 e. The number of hydrogen-bond donors (Lipinski definition) is 2. The van der Waals surface area contributed by atoms with Crippen LogP contribution >= 0.6 is 0 Å². The normalized spacial score (nSPS) is 11.7. The molecule has 0 saturated heterocycles. The van der Waals surface area contributed by atoms with Crippen LogP contribution < -0.4 is 11.1 Å². The molecular formula is C35H40N10O. The summed E-state index contributed by atoms with van der Waals surface area (Å²) in [6.45, 7) is 16.5. The number of hydrogen-bond acceptors (Lipinski definition) is 8. The molecule has 0 atom stereocenters. The molecule has 11 nitrogen and oxygen atoms in total. The Bertz CT molecular complexity index is 2010. The number of nitrogens with zero attached hydrogens (tertiary/aromatic N) is 8. The first-order valence-electron chi connectivity index (χ1n) is 15.0. The molecule has 0 saturated carbocycles. The summed E-state index contributed by atoms with van der Waals surface area (Å²) >= 11 is 0. The van der Waals surface area contributed by atoms with Crippen molar-refractivity contribution in [1.82, 2.24) is 39.0 Å². The van der Waals surface area contributed by atoms with Crippen LogP contribution in [0, 0.1) is 10.8 Å². The van der Waals surface area contributed by atoms with Gasteiger partial charge < -0.3 is 11.1 Å². The van der Waals surface area contributed by atoms with Crippen LogP contribution in [0.3, 0.4) is 0 Å². The lowest BCUT2D eigenvalue weighted by molar-refractivity contribution is -0.111. The highest BCUT2D eigenvalue weighted by molar-refractivity contribution is 6.00. The quantitative estimate of drug-likeness (QED) is 0.159. The maximum atomic E-state index is 11.4. The number of carbonyl (C=O) groups excluding carboxylic acids is 1. The van der Waals surface area contributed by atoms with Crippen LogP contribution in [0.1, 0.15) is 52.9 Å². The van der Waals surface area contributed by atoms with Gasteiger partial charge in [-0.25, -0.2) is 19.9 Å². The van der Waals surface area contributed by atoms with E-state index < -0.39 is 0 Å². The van der Waals surface area contributed by atoms with Crippen LogP contribution in [0.5, 0.6) is 0 Å². The van der Waals surface area contributed by atoms with Gasteiger partial charge in [-0.1, -0.05) is 48.1 Å². The molecule has 0 spiro atoms. The molecule has 2 aromatic carbocycles. The van der Waals surface area contributed by atoms with E-state index in [2.05, 4.69) is 73.4 Å². The predicted molar refractivity (Wildman–Crippen MR) is 183 cm³/mol. The van der Waals surface area contributed by atoms with Gasteiger partial charge in [-0.2, -0.15) is 0 Å². The van der Waals surface area contributed by atoms with Crippen molar-refractivity contribution in [3.8, 4) is 11.6 Å². The summed E-state index contributed by atoms with van der Waals surface area (Å²) < 4.78 is 3.83. The lowest BCUT2D eigenvalue weighted by Gasteiger charge is -2.17. The third-order valence-corrected chi connectivity index (χ3v) is 6.83. The van der Waals surface area contributed by atoms with Crippen molar-refractivity contribution in [2.75, 3.05) is 11.1 Å². The number of carbonyl (C=O) groups is 1. The van der Waals surface area contributed by atoms with Crippen molar-refractivity contribution in [3.63, 3.8) is 0 Å². The molecule has 0 aliphatic rings. The molecule has 0 radical (unpaired) electrons. The number of anilines is 2. The van der Waals surface area contributed by atoms with Gasteiger partial charge in [0, 0.05) is 23.8 Å². The minimum atomic E-state index is -0.250. The SMILES string of the molecule is C=CC(=O)Nc1ccc2c(c1)ncn2-c1cncc(CC(C)(C)C)n1.CC(C)(C)Cc1cncc(-n2cnc3cc(N)ccc32)n1. The number of nitrogens with two attached hydrogens (primary N) is 1. The van der Waals surface area contributed by atoms with E-state index >= 15 is 0 Å². The number of fused-ring (bicyclic) bond motifs is 2. The summed E-state index contributed by atoms with van der Waals surface area (Å²) in [5.74, 6) is 1.26. The Morgan fingerprint density at radius 1 is 0.783 bits per heavy atom. The van der Waals surface area contributed by atoms with E-state index in [9.17, 15) is 4.79 Å². The summed E-state index contributed by atoms with van der Waals surface area (Å²) in [5, 5.41) is 2.73. The van der Waals surface area contributed by atoms with Gasteiger partial charge in [-0.15, -0.1) is 0 Å². The second-order valence-corrected chi connectivity index (χ2v) is 13.6. The average Bonchev–Trinajstić information content (AvgIpc) is 3.60. The summed E-state index contributed by atoms with van der Waals surface area (Å²) in [5.41, 5.74) is 12.9. The summed E-state index contributed by atoms with van der Waals surface area (Å²) in [6.07, 6.45) is 13.5. The van der Waals surface area contributed by atoms with Gasteiger partial charge >= 0.3 is 0 Å². The molecule has 4 aromatic heterocycles. The van der Waals surface area contributed by atoms with Gasteiger partial charge in [-0.05, 0) is 66.1 Å². The fourth-order valence-corrected chi connectivity index (χ4v) is 4.96. The number of amides is 1.